The molecule has 3 saturated heterocycles. The quantitative estimate of drug-likeness (QED) is 0.586. The van der Waals surface area contributed by atoms with E-state index in [4.69, 9.17) is 21.5 Å². The minimum Gasteiger partial charge on any atom is -0.490 e. The molecule has 0 radical (unpaired) electrons. The number of nitrogens with zero attached hydrogens (tertiary/aromatic N) is 2. The second kappa shape index (κ2) is 7.10. The molecule has 0 saturated carbocycles. The molecule has 5 aliphatic rings. The SMILES string of the molecule is C=C[C@H]1CN2CC[C@H]1C[C@@H]2[C@@H](O)c1c2c(nc3cc4c(OC)c(c13)OS(=O)(=O)O4)OS(=O)(=O)O2. The highest BCUT2D eigenvalue weighted by Gasteiger charge is 2.47. The first kappa shape index (κ1) is 21.7. The Morgan fingerprint density at radius 3 is 2.62 bits per heavy atom. The van der Waals surface area contributed by atoms with Crippen LogP contribution in [0.3, 0.4) is 0 Å². The van der Waals surface area contributed by atoms with Crippen molar-refractivity contribution in [2.24, 2.45) is 11.8 Å². The molecule has 0 amide bonds. The molecule has 3 fully saturated rings. The Hall–Kier alpha value is -2.81. The molecule has 12 nitrogen and oxygen atoms in total. The molecule has 5 aliphatic heterocycles. The van der Waals surface area contributed by atoms with E-state index in [1.54, 1.807) is 0 Å². The Balaban J connectivity index is 1.60. The lowest BCUT2D eigenvalue weighted by Gasteiger charge is -2.50. The molecule has 34 heavy (non-hydrogen) atoms. The van der Waals surface area contributed by atoms with Crippen molar-refractivity contribution in [3.63, 3.8) is 0 Å². The first-order valence-corrected chi connectivity index (χ1v) is 13.2. The van der Waals surface area contributed by atoms with Crippen LogP contribution in [0.15, 0.2) is 18.7 Å². The summed E-state index contributed by atoms with van der Waals surface area (Å²) in [5.41, 5.74) is 0.0693. The topological polar surface area (TPSA) is 151 Å². The average Bonchev–Trinajstić information content (AvgIpc) is 3.09. The van der Waals surface area contributed by atoms with Gasteiger partial charge in [0.1, 0.15) is 0 Å². The molecule has 5 atom stereocenters. The zero-order chi connectivity index (χ0) is 24.0. The smallest absolute Gasteiger partial charge is 0.490 e. The highest BCUT2D eigenvalue weighted by atomic mass is 32.3. The average molecular weight is 513 g/mol. The third-order valence-electron chi connectivity index (χ3n) is 6.87. The molecular formula is C20H20N2O10S2. The number of aliphatic hydroxyl groups excluding tert-OH is 1. The largest absolute Gasteiger partial charge is 0.502 e. The number of pyridine rings is 1. The van der Waals surface area contributed by atoms with Crippen LogP contribution in [-0.2, 0) is 20.8 Å². The van der Waals surface area contributed by atoms with E-state index in [-0.39, 0.29) is 51.3 Å². The molecule has 182 valence electrons. The summed E-state index contributed by atoms with van der Waals surface area (Å²) in [5, 5.41) is 11.7. The number of piperidine rings is 3. The van der Waals surface area contributed by atoms with E-state index in [9.17, 15) is 21.9 Å². The summed E-state index contributed by atoms with van der Waals surface area (Å²) in [6.07, 6.45) is 2.20. The van der Waals surface area contributed by atoms with Crippen molar-refractivity contribution in [1.29, 1.82) is 0 Å². The van der Waals surface area contributed by atoms with Gasteiger partial charge in [-0.25, -0.2) is 4.98 Å². The van der Waals surface area contributed by atoms with Crippen LogP contribution < -0.4 is 21.5 Å². The maximum atomic E-state index is 12.2. The van der Waals surface area contributed by atoms with Gasteiger partial charge in [0.2, 0.25) is 17.2 Å². The zero-order valence-corrected chi connectivity index (χ0v) is 19.5. The van der Waals surface area contributed by atoms with Crippen LogP contribution in [0.25, 0.3) is 10.9 Å². The summed E-state index contributed by atoms with van der Waals surface area (Å²) >= 11 is 0. The predicted octanol–water partition coefficient (Wildman–Crippen LogP) is 1.21. The lowest BCUT2D eigenvalue weighted by atomic mass is 9.73. The van der Waals surface area contributed by atoms with E-state index in [2.05, 4.69) is 16.5 Å². The van der Waals surface area contributed by atoms with Crippen LogP contribution in [0.4, 0.5) is 0 Å². The number of rotatable bonds is 4. The maximum Gasteiger partial charge on any atom is 0.502 e. The van der Waals surface area contributed by atoms with Gasteiger partial charge in [0.05, 0.1) is 24.1 Å². The number of ether oxygens (including phenoxy) is 1. The molecule has 1 aromatic heterocycles. The van der Waals surface area contributed by atoms with E-state index in [0.29, 0.717) is 18.9 Å². The van der Waals surface area contributed by atoms with Gasteiger partial charge in [0.15, 0.2) is 5.75 Å². The van der Waals surface area contributed by atoms with E-state index >= 15 is 0 Å². The Kier molecular flexibility index (Phi) is 4.53. The number of hydrogen-bond acceptors (Lipinski definition) is 12. The van der Waals surface area contributed by atoms with Crippen molar-refractivity contribution in [3.8, 4) is 28.9 Å². The molecule has 0 aliphatic carbocycles. The number of methoxy groups -OCH3 is 1. The first-order chi connectivity index (χ1) is 16.1. The van der Waals surface area contributed by atoms with Crippen molar-refractivity contribution < 1.29 is 43.4 Å². The summed E-state index contributed by atoms with van der Waals surface area (Å²) in [6.45, 7) is 5.34. The monoisotopic (exact) mass is 512 g/mol. The lowest BCUT2D eigenvalue weighted by molar-refractivity contribution is -0.0448. The molecule has 4 bridgehead atoms. The molecular weight excluding hydrogens is 492 g/mol. The fraction of sp³-hybridized carbons (Fsp3) is 0.450. The van der Waals surface area contributed by atoms with Gasteiger partial charge in [0, 0.05) is 24.2 Å². The summed E-state index contributed by atoms with van der Waals surface area (Å²) in [5.74, 6) is -0.621. The minimum absolute atomic E-state index is 0.00859. The third kappa shape index (κ3) is 3.12. The van der Waals surface area contributed by atoms with Crippen molar-refractivity contribution in [1.82, 2.24) is 9.88 Å². The first-order valence-electron chi connectivity index (χ1n) is 10.5. The fourth-order valence-electron chi connectivity index (χ4n) is 5.44. The Morgan fingerprint density at radius 1 is 1.21 bits per heavy atom. The summed E-state index contributed by atoms with van der Waals surface area (Å²) in [7, 11) is -7.65. The highest BCUT2D eigenvalue weighted by Crippen LogP contribution is 2.55. The van der Waals surface area contributed by atoms with Crippen molar-refractivity contribution >= 4 is 31.7 Å². The summed E-state index contributed by atoms with van der Waals surface area (Å²) in [6, 6.07) is 0.856. The van der Waals surface area contributed by atoms with Crippen LogP contribution in [0, 0.1) is 11.8 Å². The van der Waals surface area contributed by atoms with E-state index in [1.807, 2.05) is 6.08 Å². The van der Waals surface area contributed by atoms with Gasteiger partial charge in [-0.15, -0.1) is 23.4 Å². The molecule has 1 unspecified atom stereocenters. The lowest BCUT2D eigenvalue weighted by Crippen LogP contribution is -2.54. The molecule has 14 heteroatoms. The van der Waals surface area contributed by atoms with Gasteiger partial charge in [-0.3, -0.25) is 4.90 Å². The van der Waals surface area contributed by atoms with E-state index < -0.39 is 32.9 Å². The van der Waals surface area contributed by atoms with Gasteiger partial charge in [-0.05, 0) is 31.2 Å². The fourth-order valence-corrected chi connectivity index (χ4v) is 6.88. The van der Waals surface area contributed by atoms with Gasteiger partial charge in [-0.1, -0.05) is 6.08 Å². The van der Waals surface area contributed by atoms with Gasteiger partial charge >= 0.3 is 20.8 Å². The van der Waals surface area contributed by atoms with Gasteiger partial charge in [0.25, 0.3) is 5.88 Å². The van der Waals surface area contributed by atoms with Crippen LogP contribution >= 0.6 is 0 Å². The number of benzene rings is 1. The highest BCUT2D eigenvalue weighted by molar-refractivity contribution is 7.83. The standard InChI is InChI=1S/C20H20N2O10S2/c1-3-9-8-22-5-4-10(9)6-12(22)16(23)15-14-11(21-20-19(15)31-34(26,27)32-20)7-13-17(28-2)18(14)30-33(24,25)29-13/h3,7,9-10,12,16,23H,1,4-6,8H2,2H3/t9-,10-,12+,16+/m0/s1. The van der Waals surface area contributed by atoms with Crippen molar-refractivity contribution in [2.75, 3.05) is 20.2 Å². The minimum atomic E-state index is -4.48. The second-order valence-corrected chi connectivity index (χ2v) is 10.9. The van der Waals surface area contributed by atoms with Gasteiger partial charge in [-0.2, -0.15) is 0 Å². The zero-order valence-electron chi connectivity index (χ0n) is 17.8. The Bertz CT molecular complexity index is 1460. The van der Waals surface area contributed by atoms with Crippen LogP contribution in [0.5, 0.6) is 28.9 Å². The van der Waals surface area contributed by atoms with Crippen LogP contribution in [-0.4, -0.2) is 58.1 Å². The van der Waals surface area contributed by atoms with Crippen molar-refractivity contribution in [3.05, 3.63) is 24.3 Å². The van der Waals surface area contributed by atoms with E-state index in [0.717, 1.165) is 13.0 Å². The number of hydrogen-bond donors (Lipinski definition) is 1. The number of aliphatic hydroxyl groups is 1. The number of aromatic nitrogens is 1. The third-order valence-corrected chi connectivity index (χ3v) is 8.36. The second-order valence-electron chi connectivity index (χ2n) is 8.63. The molecule has 6 heterocycles. The predicted molar refractivity (Wildman–Crippen MR) is 115 cm³/mol. The maximum absolute atomic E-state index is 12.2. The summed E-state index contributed by atoms with van der Waals surface area (Å²) in [4.78, 5) is 6.27. The normalized spacial score (nSPS) is 30.3. The van der Waals surface area contributed by atoms with Crippen molar-refractivity contribution in [2.45, 2.75) is 25.0 Å². The molecule has 1 aromatic carbocycles. The molecule has 2 aromatic rings. The van der Waals surface area contributed by atoms with Gasteiger partial charge < -0.3 is 26.6 Å². The number of fused-ring (bicyclic) bond motifs is 8. The molecule has 0 spiro atoms. The van der Waals surface area contributed by atoms with Crippen LogP contribution in [0.2, 0.25) is 0 Å². The molecule has 1 N–H and O–H groups in total. The Morgan fingerprint density at radius 2 is 1.94 bits per heavy atom. The van der Waals surface area contributed by atoms with Crippen LogP contribution in [0.1, 0.15) is 24.5 Å². The molecule has 7 rings (SSSR count). The Labute approximate surface area is 195 Å². The van der Waals surface area contributed by atoms with E-state index in [1.165, 1.54) is 13.2 Å². The summed E-state index contributed by atoms with van der Waals surface area (Å²) < 4.78 is 73.8.